The van der Waals surface area contributed by atoms with E-state index in [0.717, 1.165) is 25.1 Å². The molecule has 0 aliphatic carbocycles. The van der Waals surface area contributed by atoms with Crippen LogP contribution in [0.1, 0.15) is 12.0 Å². The Bertz CT molecular complexity index is 672. The zero-order chi connectivity index (χ0) is 15.0. The summed E-state index contributed by atoms with van der Waals surface area (Å²) in [7, 11) is -1.47. The van der Waals surface area contributed by atoms with Crippen LogP contribution >= 0.6 is 0 Å². The van der Waals surface area contributed by atoms with Crippen molar-refractivity contribution >= 4 is 21.6 Å². The Morgan fingerprint density at radius 1 is 1.43 bits per heavy atom. The van der Waals surface area contributed by atoms with Crippen molar-refractivity contribution in [2.24, 2.45) is 5.92 Å². The van der Waals surface area contributed by atoms with Crippen molar-refractivity contribution in [3.8, 4) is 0 Å². The number of hydrogen-bond donors (Lipinski definition) is 2. The minimum Gasteiger partial charge on any atom is -0.326 e. The Morgan fingerprint density at radius 3 is 2.95 bits per heavy atom. The molecular weight excluding hydrogens is 290 g/mol. The van der Waals surface area contributed by atoms with Crippen molar-refractivity contribution in [3.63, 3.8) is 0 Å². The van der Waals surface area contributed by atoms with Crippen LogP contribution in [0.2, 0.25) is 0 Å². The first-order valence-corrected chi connectivity index (χ1v) is 8.53. The smallest absolute Gasteiger partial charge is 0.240 e. The molecule has 21 heavy (non-hydrogen) atoms. The van der Waals surface area contributed by atoms with Gasteiger partial charge >= 0.3 is 0 Å². The minimum absolute atomic E-state index is 0.0958. The summed E-state index contributed by atoms with van der Waals surface area (Å²) in [5.74, 6) is 0.268. The number of carbonyl (C=O) groups is 1. The average molecular weight is 309 g/mol. The molecule has 6 nitrogen and oxygen atoms in total. The molecular formula is C14H19N3O3S. The van der Waals surface area contributed by atoms with Crippen LogP contribution in [0.25, 0.3) is 0 Å². The van der Waals surface area contributed by atoms with Crippen molar-refractivity contribution in [2.45, 2.75) is 17.7 Å². The standard InChI is InChI=1S/C14H19N3O3S/c1-17-5-4-10(9-17)8-15-21(19,20)12-2-3-13-11(6-12)7-14(18)16-13/h2-3,6,10,15H,4-5,7-9H2,1H3,(H,16,18). The van der Waals surface area contributed by atoms with E-state index < -0.39 is 10.0 Å². The van der Waals surface area contributed by atoms with E-state index >= 15 is 0 Å². The molecule has 114 valence electrons. The van der Waals surface area contributed by atoms with Gasteiger partial charge in [-0.15, -0.1) is 0 Å². The highest BCUT2D eigenvalue weighted by molar-refractivity contribution is 7.89. The molecule has 1 saturated heterocycles. The second-order valence-electron chi connectivity index (χ2n) is 5.81. The summed E-state index contributed by atoms with van der Waals surface area (Å²) >= 11 is 0. The Balaban J connectivity index is 1.70. The number of fused-ring (bicyclic) bond motifs is 1. The Morgan fingerprint density at radius 2 is 2.24 bits per heavy atom. The number of carbonyl (C=O) groups excluding carboxylic acids is 1. The first-order chi connectivity index (χ1) is 9.94. The number of anilines is 1. The van der Waals surface area contributed by atoms with Gasteiger partial charge in [0.05, 0.1) is 11.3 Å². The molecule has 0 radical (unpaired) electrons. The number of rotatable bonds is 4. The number of likely N-dealkylation sites (tertiary alicyclic amines) is 1. The van der Waals surface area contributed by atoms with E-state index in [4.69, 9.17) is 0 Å². The van der Waals surface area contributed by atoms with Crippen LogP contribution in [-0.2, 0) is 21.2 Å². The molecule has 2 aliphatic rings. The summed E-state index contributed by atoms with van der Waals surface area (Å²) in [5, 5.41) is 2.70. The molecule has 2 aliphatic heterocycles. The van der Waals surface area contributed by atoms with E-state index in [1.165, 1.54) is 6.07 Å². The van der Waals surface area contributed by atoms with Crippen LogP contribution in [0.3, 0.4) is 0 Å². The predicted octanol–water partition coefficient (Wildman–Crippen LogP) is 0.411. The van der Waals surface area contributed by atoms with E-state index in [0.29, 0.717) is 18.2 Å². The van der Waals surface area contributed by atoms with Crippen LogP contribution in [0.15, 0.2) is 23.1 Å². The number of amides is 1. The lowest BCUT2D eigenvalue weighted by atomic mass is 10.1. The van der Waals surface area contributed by atoms with E-state index in [2.05, 4.69) is 14.9 Å². The lowest BCUT2D eigenvalue weighted by Crippen LogP contribution is -2.30. The molecule has 1 amide bonds. The topological polar surface area (TPSA) is 78.5 Å². The fourth-order valence-corrected chi connectivity index (χ4v) is 4.04. The third-order valence-electron chi connectivity index (χ3n) is 4.06. The molecule has 1 fully saturated rings. The van der Waals surface area contributed by atoms with Crippen LogP contribution in [0, 0.1) is 5.92 Å². The van der Waals surface area contributed by atoms with E-state index in [-0.39, 0.29) is 17.2 Å². The maximum atomic E-state index is 12.3. The van der Waals surface area contributed by atoms with Crippen molar-refractivity contribution in [1.82, 2.24) is 9.62 Å². The molecule has 2 N–H and O–H groups in total. The normalized spacial score (nSPS) is 22.3. The van der Waals surface area contributed by atoms with Gasteiger partial charge in [-0.3, -0.25) is 4.79 Å². The number of sulfonamides is 1. The minimum atomic E-state index is -3.51. The fraction of sp³-hybridized carbons (Fsp3) is 0.500. The molecule has 2 heterocycles. The van der Waals surface area contributed by atoms with E-state index in [1.807, 2.05) is 7.05 Å². The monoisotopic (exact) mass is 309 g/mol. The highest BCUT2D eigenvalue weighted by Crippen LogP contribution is 2.25. The second kappa shape index (κ2) is 5.40. The number of benzene rings is 1. The van der Waals surface area contributed by atoms with Gasteiger partial charge in [0.25, 0.3) is 0 Å². The Kier molecular flexibility index (Phi) is 3.73. The number of nitrogens with zero attached hydrogens (tertiary/aromatic N) is 1. The molecule has 1 aromatic rings. The van der Waals surface area contributed by atoms with Gasteiger partial charge in [-0.05, 0) is 49.7 Å². The summed E-state index contributed by atoms with van der Waals surface area (Å²) in [6.45, 7) is 2.39. The summed E-state index contributed by atoms with van der Waals surface area (Å²) in [6, 6.07) is 4.77. The van der Waals surface area contributed by atoms with E-state index in [1.54, 1.807) is 12.1 Å². The molecule has 1 atom stereocenters. The SMILES string of the molecule is CN1CCC(CNS(=O)(=O)c2ccc3c(c2)CC(=O)N3)C1. The van der Waals surface area contributed by atoms with Gasteiger partial charge < -0.3 is 10.2 Å². The van der Waals surface area contributed by atoms with Gasteiger partial charge in [0.1, 0.15) is 0 Å². The maximum absolute atomic E-state index is 12.3. The van der Waals surface area contributed by atoms with Gasteiger partial charge in [-0.2, -0.15) is 0 Å². The zero-order valence-electron chi connectivity index (χ0n) is 11.9. The van der Waals surface area contributed by atoms with Gasteiger partial charge in [0.2, 0.25) is 15.9 Å². The third-order valence-corrected chi connectivity index (χ3v) is 5.48. The molecule has 1 aromatic carbocycles. The molecule has 3 rings (SSSR count). The van der Waals surface area contributed by atoms with Gasteiger partial charge in [-0.25, -0.2) is 13.1 Å². The molecule has 0 aromatic heterocycles. The first-order valence-electron chi connectivity index (χ1n) is 7.05. The van der Waals surface area contributed by atoms with Crippen molar-refractivity contribution in [2.75, 3.05) is 32.0 Å². The highest BCUT2D eigenvalue weighted by Gasteiger charge is 2.24. The third kappa shape index (κ3) is 3.09. The second-order valence-corrected chi connectivity index (χ2v) is 7.58. The van der Waals surface area contributed by atoms with E-state index in [9.17, 15) is 13.2 Å². The van der Waals surface area contributed by atoms with Crippen molar-refractivity contribution in [1.29, 1.82) is 0 Å². The zero-order valence-corrected chi connectivity index (χ0v) is 12.7. The Labute approximate surface area is 124 Å². The van der Waals surface area contributed by atoms with Crippen LogP contribution in [-0.4, -0.2) is 45.9 Å². The first kappa shape index (κ1) is 14.5. The summed E-state index contributed by atoms with van der Waals surface area (Å²) in [4.78, 5) is 13.7. The van der Waals surface area contributed by atoms with Crippen LogP contribution in [0.5, 0.6) is 0 Å². The van der Waals surface area contributed by atoms with Crippen molar-refractivity contribution < 1.29 is 13.2 Å². The number of hydrogen-bond acceptors (Lipinski definition) is 4. The summed E-state index contributed by atoms with van der Waals surface area (Å²) in [5.41, 5.74) is 1.44. The van der Waals surface area contributed by atoms with Crippen LogP contribution < -0.4 is 10.0 Å². The summed E-state index contributed by atoms with van der Waals surface area (Å²) in [6.07, 6.45) is 1.26. The highest BCUT2D eigenvalue weighted by atomic mass is 32.2. The molecule has 0 bridgehead atoms. The van der Waals surface area contributed by atoms with Gasteiger partial charge in [0, 0.05) is 18.8 Å². The fourth-order valence-electron chi connectivity index (χ4n) is 2.88. The lowest BCUT2D eigenvalue weighted by Gasteiger charge is -2.12. The molecule has 1 unspecified atom stereocenters. The van der Waals surface area contributed by atoms with Crippen LogP contribution in [0.4, 0.5) is 5.69 Å². The average Bonchev–Trinajstić information content (AvgIpc) is 3.00. The van der Waals surface area contributed by atoms with Gasteiger partial charge in [-0.1, -0.05) is 0 Å². The lowest BCUT2D eigenvalue weighted by molar-refractivity contribution is -0.115. The molecule has 7 heteroatoms. The predicted molar refractivity (Wildman–Crippen MR) is 79.6 cm³/mol. The quantitative estimate of drug-likeness (QED) is 0.844. The van der Waals surface area contributed by atoms with Gasteiger partial charge in [0.15, 0.2) is 0 Å². The van der Waals surface area contributed by atoms with Crippen molar-refractivity contribution in [3.05, 3.63) is 23.8 Å². The Hall–Kier alpha value is -1.44. The number of nitrogens with one attached hydrogen (secondary N) is 2. The molecule has 0 spiro atoms. The molecule has 0 saturated carbocycles. The summed E-state index contributed by atoms with van der Waals surface area (Å²) < 4.78 is 27.3. The largest absolute Gasteiger partial charge is 0.326 e. The maximum Gasteiger partial charge on any atom is 0.240 e.